The van der Waals surface area contributed by atoms with Crippen LogP contribution in [0.25, 0.3) is 0 Å². The Kier molecular flexibility index (Phi) is 9.05. The quantitative estimate of drug-likeness (QED) is 0.327. The van der Waals surface area contributed by atoms with Gasteiger partial charge in [-0.1, -0.05) is 6.07 Å². The van der Waals surface area contributed by atoms with Gasteiger partial charge < -0.3 is 15.4 Å². The molecule has 1 rings (SSSR count). The summed E-state index contributed by atoms with van der Waals surface area (Å²) < 4.78 is 31.9. The van der Waals surface area contributed by atoms with Crippen LogP contribution >= 0.6 is 11.3 Å². The molecular weight excluding hydrogens is 324 g/mol. The van der Waals surface area contributed by atoms with Gasteiger partial charge in [-0.15, -0.1) is 11.3 Å². The lowest BCUT2D eigenvalue weighted by molar-refractivity contribution is 0.145. The summed E-state index contributed by atoms with van der Waals surface area (Å²) in [6, 6.07) is 3.30. The van der Waals surface area contributed by atoms with E-state index >= 15 is 0 Å². The molecule has 0 radical (unpaired) electrons. The molecule has 0 atom stereocenters. The van der Waals surface area contributed by atoms with Crippen molar-refractivity contribution in [3.63, 3.8) is 0 Å². The number of hydrogen-bond acceptors (Lipinski definition) is 5. The normalized spacial score (nSPS) is 12.4. The lowest BCUT2D eigenvalue weighted by Crippen LogP contribution is -2.41. The molecule has 7 nitrogen and oxygen atoms in total. The first-order valence-electron chi connectivity index (χ1n) is 7.15. The van der Waals surface area contributed by atoms with E-state index in [2.05, 4.69) is 20.3 Å². The SMILES string of the molecule is CCOCCCNC(=NC)NCCNS(=O)(=O)c1cccs1. The van der Waals surface area contributed by atoms with Gasteiger partial charge in [-0.3, -0.25) is 4.99 Å². The van der Waals surface area contributed by atoms with Crippen LogP contribution in [0.2, 0.25) is 0 Å². The van der Waals surface area contributed by atoms with Crippen molar-refractivity contribution < 1.29 is 13.2 Å². The molecule has 1 heterocycles. The maximum absolute atomic E-state index is 11.9. The molecule has 1 aromatic rings. The van der Waals surface area contributed by atoms with Gasteiger partial charge in [0.2, 0.25) is 10.0 Å². The number of nitrogens with zero attached hydrogens (tertiary/aromatic N) is 1. The Hall–Kier alpha value is -1.16. The topological polar surface area (TPSA) is 91.8 Å². The van der Waals surface area contributed by atoms with Crippen molar-refractivity contribution in [2.24, 2.45) is 4.99 Å². The van der Waals surface area contributed by atoms with E-state index in [0.717, 1.165) is 19.6 Å². The molecule has 0 amide bonds. The molecule has 0 aliphatic heterocycles. The standard InChI is InChI=1S/C13H24N4O3S2/c1-3-20-10-5-7-15-13(14-2)16-8-9-17-22(18,19)12-6-4-11-21-12/h4,6,11,17H,3,5,7-10H2,1-2H3,(H2,14,15,16). The Morgan fingerprint density at radius 3 is 2.73 bits per heavy atom. The first-order valence-corrected chi connectivity index (χ1v) is 9.52. The minimum Gasteiger partial charge on any atom is -0.382 e. The van der Waals surface area contributed by atoms with Crippen molar-refractivity contribution in [3.05, 3.63) is 17.5 Å². The molecular formula is C13H24N4O3S2. The number of thiophene rings is 1. The molecule has 22 heavy (non-hydrogen) atoms. The smallest absolute Gasteiger partial charge is 0.250 e. The van der Waals surface area contributed by atoms with E-state index in [4.69, 9.17) is 4.74 Å². The first-order chi connectivity index (χ1) is 10.6. The van der Waals surface area contributed by atoms with Crippen LogP contribution in [0.5, 0.6) is 0 Å². The van der Waals surface area contributed by atoms with Gasteiger partial charge in [-0.25, -0.2) is 13.1 Å². The van der Waals surface area contributed by atoms with Gasteiger partial charge in [0.05, 0.1) is 0 Å². The molecule has 0 bridgehead atoms. The Bertz CT molecular complexity index is 529. The molecule has 0 aromatic carbocycles. The van der Waals surface area contributed by atoms with Crippen LogP contribution in [0, 0.1) is 0 Å². The number of ether oxygens (including phenoxy) is 1. The van der Waals surface area contributed by atoms with E-state index in [1.165, 1.54) is 11.3 Å². The largest absolute Gasteiger partial charge is 0.382 e. The Balaban J connectivity index is 2.19. The summed E-state index contributed by atoms with van der Waals surface area (Å²) in [7, 11) is -1.72. The predicted molar refractivity (Wildman–Crippen MR) is 90.0 cm³/mol. The van der Waals surface area contributed by atoms with Gasteiger partial charge in [0.25, 0.3) is 0 Å². The third-order valence-corrected chi connectivity index (χ3v) is 5.51. The van der Waals surface area contributed by atoms with Crippen LogP contribution in [-0.4, -0.2) is 54.3 Å². The zero-order valence-electron chi connectivity index (χ0n) is 13.0. The highest BCUT2D eigenvalue weighted by atomic mass is 32.2. The van der Waals surface area contributed by atoms with Gasteiger partial charge in [0.1, 0.15) is 4.21 Å². The molecule has 3 N–H and O–H groups in total. The monoisotopic (exact) mass is 348 g/mol. The fraction of sp³-hybridized carbons (Fsp3) is 0.615. The van der Waals surface area contributed by atoms with E-state index in [1.807, 2.05) is 6.92 Å². The second-order valence-corrected chi connectivity index (χ2v) is 7.25. The zero-order chi connectivity index (χ0) is 16.3. The Morgan fingerprint density at radius 2 is 2.09 bits per heavy atom. The lowest BCUT2D eigenvalue weighted by Gasteiger charge is -2.12. The molecule has 9 heteroatoms. The molecule has 0 spiro atoms. The Morgan fingerprint density at radius 1 is 1.32 bits per heavy atom. The summed E-state index contributed by atoms with van der Waals surface area (Å²) in [5.74, 6) is 0.645. The third kappa shape index (κ3) is 7.21. The second kappa shape index (κ2) is 10.5. The van der Waals surface area contributed by atoms with Gasteiger partial charge in [-0.05, 0) is 24.8 Å². The molecule has 0 saturated carbocycles. The summed E-state index contributed by atoms with van der Waals surface area (Å²) >= 11 is 1.20. The van der Waals surface area contributed by atoms with Crippen LogP contribution in [0.3, 0.4) is 0 Å². The summed E-state index contributed by atoms with van der Waals surface area (Å²) in [6.45, 7) is 4.89. The van der Waals surface area contributed by atoms with E-state index < -0.39 is 10.0 Å². The number of nitrogens with one attached hydrogen (secondary N) is 3. The number of aliphatic imine (C=N–C) groups is 1. The number of guanidine groups is 1. The first kappa shape index (κ1) is 18.9. The zero-order valence-corrected chi connectivity index (χ0v) is 14.6. The van der Waals surface area contributed by atoms with Crippen molar-refractivity contribution >= 4 is 27.3 Å². The summed E-state index contributed by atoms with van der Waals surface area (Å²) in [4.78, 5) is 4.07. The third-order valence-electron chi connectivity index (χ3n) is 2.66. The van der Waals surface area contributed by atoms with Crippen molar-refractivity contribution in [3.8, 4) is 0 Å². The molecule has 126 valence electrons. The molecule has 0 fully saturated rings. The maximum Gasteiger partial charge on any atom is 0.250 e. The minimum atomic E-state index is -3.40. The minimum absolute atomic E-state index is 0.292. The fourth-order valence-corrected chi connectivity index (χ4v) is 3.67. The van der Waals surface area contributed by atoms with Gasteiger partial charge in [-0.2, -0.15) is 0 Å². The molecule has 0 unspecified atom stereocenters. The van der Waals surface area contributed by atoms with Crippen molar-refractivity contribution in [2.45, 2.75) is 17.6 Å². The molecule has 0 aliphatic rings. The lowest BCUT2D eigenvalue weighted by atomic mass is 10.4. The highest BCUT2D eigenvalue weighted by molar-refractivity contribution is 7.91. The molecule has 0 aliphatic carbocycles. The summed E-state index contributed by atoms with van der Waals surface area (Å²) in [5.41, 5.74) is 0. The van der Waals surface area contributed by atoms with E-state index in [1.54, 1.807) is 24.6 Å². The van der Waals surface area contributed by atoms with Crippen molar-refractivity contribution in [1.29, 1.82) is 0 Å². The number of hydrogen-bond donors (Lipinski definition) is 3. The summed E-state index contributed by atoms with van der Waals surface area (Å²) in [5, 5.41) is 7.93. The van der Waals surface area contributed by atoms with E-state index in [9.17, 15) is 8.42 Å². The highest BCUT2D eigenvalue weighted by Crippen LogP contribution is 2.14. The molecule has 1 aromatic heterocycles. The van der Waals surface area contributed by atoms with Crippen LogP contribution < -0.4 is 15.4 Å². The number of sulfonamides is 1. The van der Waals surface area contributed by atoms with Crippen LogP contribution in [0.4, 0.5) is 0 Å². The van der Waals surface area contributed by atoms with E-state index in [0.29, 0.717) is 29.9 Å². The van der Waals surface area contributed by atoms with Crippen LogP contribution in [0.15, 0.2) is 26.7 Å². The average molecular weight is 348 g/mol. The van der Waals surface area contributed by atoms with E-state index in [-0.39, 0.29) is 0 Å². The van der Waals surface area contributed by atoms with Gasteiger partial charge in [0.15, 0.2) is 5.96 Å². The fourth-order valence-electron chi connectivity index (χ4n) is 1.60. The second-order valence-electron chi connectivity index (χ2n) is 4.31. The summed E-state index contributed by atoms with van der Waals surface area (Å²) in [6.07, 6.45) is 0.888. The predicted octanol–water partition coefficient (Wildman–Crippen LogP) is 0.618. The maximum atomic E-state index is 11.9. The van der Waals surface area contributed by atoms with Crippen LogP contribution in [-0.2, 0) is 14.8 Å². The van der Waals surface area contributed by atoms with Crippen molar-refractivity contribution in [1.82, 2.24) is 15.4 Å². The van der Waals surface area contributed by atoms with Gasteiger partial charge in [0, 0.05) is 39.9 Å². The van der Waals surface area contributed by atoms with Crippen molar-refractivity contribution in [2.75, 3.05) is 39.9 Å². The Labute approximate surface area is 136 Å². The average Bonchev–Trinajstić information content (AvgIpc) is 3.04. The van der Waals surface area contributed by atoms with Gasteiger partial charge >= 0.3 is 0 Å². The number of rotatable bonds is 10. The van der Waals surface area contributed by atoms with Crippen LogP contribution in [0.1, 0.15) is 13.3 Å². The molecule has 0 saturated heterocycles. The highest BCUT2D eigenvalue weighted by Gasteiger charge is 2.13.